The molecule has 4 N–H and O–H groups in total. The van der Waals surface area contributed by atoms with Crippen molar-refractivity contribution >= 4 is 16.9 Å². The van der Waals surface area contributed by atoms with Gasteiger partial charge in [-0.15, -0.1) is 0 Å². The Bertz CT molecular complexity index is 1080. The molecule has 27 heavy (non-hydrogen) atoms. The highest BCUT2D eigenvalue weighted by Crippen LogP contribution is 2.42. The molecule has 2 aromatic heterocycles. The third-order valence-corrected chi connectivity index (χ3v) is 5.24. The van der Waals surface area contributed by atoms with E-state index in [1.54, 1.807) is 11.8 Å². The summed E-state index contributed by atoms with van der Waals surface area (Å²) in [5.74, 6) is 5.08. The molecule has 0 radical (unpaired) electrons. The fourth-order valence-electron chi connectivity index (χ4n) is 3.86. The molecule has 1 unspecified atom stereocenters. The van der Waals surface area contributed by atoms with E-state index in [1.165, 1.54) is 7.11 Å². The molecule has 1 aliphatic carbocycles. The zero-order valence-corrected chi connectivity index (χ0v) is 15.1. The Labute approximate surface area is 153 Å². The van der Waals surface area contributed by atoms with Crippen molar-refractivity contribution < 1.29 is 9.23 Å². The third kappa shape index (κ3) is 2.59. The molecule has 0 aromatic carbocycles. The summed E-state index contributed by atoms with van der Waals surface area (Å²) < 4.78 is 16.7. The number of hydrogen-bond donors (Lipinski definition) is 2. The first-order chi connectivity index (χ1) is 12.8. The smallest absolute Gasteiger partial charge is 0.354 e. The normalized spacial score (nSPS) is 21.4. The molecule has 10 heteroatoms. The van der Waals surface area contributed by atoms with E-state index in [-0.39, 0.29) is 12.0 Å². The van der Waals surface area contributed by atoms with Gasteiger partial charge in [0, 0.05) is 17.7 Å². The van der Waals surface area contributed by atoms with E-state index >= 15 is 0 Å². The minimum absolute atomic E-state index is 0.0337. The van der Waals surface area contributed by atoms with Gasteiger partial charge < -0.3 is 21.3 Å². The second-order valence-electron chi connectivity index (χ2n) is 7.07. The number of oxime groups is 1. The quantitative estimate of drug-likeness (QED) is 0.558. The number of fused-ring (bicyclic) bond motifs is 1. The lowest BCUT2D eigenvalue weighted by Gasteiger charge is -2.23. The molecule has 0 bridgehead atoms. The maximum absolute atomic E-state index is 15.0. The van der Waals surface area contributed by atoms with Crippen molar-refractivity contribution in [3.05, 3.63) is 44.0 Å². The first-order valence-corrected chi connectivity index (χ1v) is 8.71. The predicted molar refractivity (Wildman–Crippen MR) is 99.4 cm³/mol. The van der Waals surface area contributed by atoms with Crippen LogP contribution in [-0.2, 0) is 4.84 Å². The second-order valence-corrected chi connectivity index (χ2v) is 7.07. The first-order valence-electron chi connectivity index (χ1n) is 8.71. The van der Waals surface area contributed by atoms with E-state index in [4.69, 9.17) is 16.4 Å². The topological polar surface area (TPSA) is 120 Å². The number of pyridine rings is 1. The van der Waals surface area contributed by atoms with Crippen molar-refractivity contribution in [3.63, 3.8) is 0 Å². The maximum atomic E-state index is 15.0. The fraction of sp³-hybridized carbons (Fsp3) is 0.471. The van der Waals surface area contributed by atoms with Gasteiger partial charge in [-0.3, -0.25) is 9.20 Å². The summed E-state index contributed by atoms with van der Waals surface area (Å²) in [7, 11) is 1.43. The number of halogens is 1. The molecular weight excluding hydrogens is 355 g/mol. The van der Waals surface area contributed by atoms with Gasteiger partial charge >= 0.3 is 5.69 Å². The van der Waals surface area contributed by atoms with Crippen LogP contribution in [0.1, 0.15) is 29.9 Å². The highest BCUT2D eigenvalue weighted by molar-refractivity contribution is 5.97. The van der Waals surface area contributed by atoms with Crippen molar-refractivity contribution in [1.29, 1.82) is 0 Å². The van der Waals surface area contributed by atoms with Gasteiger partial charge in [0.1, 0.15) is 7.11 Å². The molecule has 9 nitrogen and oxygen atoms in total. The van der Waals surface area contributed by atoms with Crippen LogP contribution in [0, 0.1) is 12.7 Å². The van der Waals surface area contributed by atoms with Crippen LogP contribution in [0.25, 0.3) is 5.52 Å². The SMILES string of the molecule is CO/N=C1/CN(c2c(F)cn3c(=O)n(N)c(=O)c(C4CC4)c3c2C)CC1N. The van der Waals surface area contributed by atoms with Crippen LogP contribution in [0.15, 0.2) is 20.9 Å². The lowest BCUT2D eigenvalue weighted by molar-refractivity contribution is 0.212. The van der Waals surface area contributed by atoms with Crippen LogP contribution in [0.5, 0.6) is 0 Å². The average Bonchev–Trinajstić information content (AvgIpc) is 3.39. The van der Waals surface area contributed by atoms with Crippen molar-refractivity contribution in [3.8, 4) is 0 Å². The van der Waals surface area contributed by atoms with E-state index in [2.05, 4.69) is 5.16 Å². The van der Waals surface area contributed by atoms with Crippen LogP contribution in [0.3, 0.4) is 0 Å². The number of nitrogen functional groups attached to an aromatic ring is 1. The number of aromatic nitrogens is 2. The number of aryl methyl sites for hydroxylation is 1. The van der Waals surface area contributed by atoms with Crippen LogP contribution in [0.4, 0.5) is 10.1 Å². The van der Waals surface area contributed by atoms with Gasteiger partial charge in [0.05, 0.1) is 35.7 Å². The van der Waals surface area contributed by atoms with Crippen molar-refractivity contribution in [2.45, 2.75) is 31.7 Å². The van der Waals surface area contributed by atoms with Crippen LogP contribution in [-0.4, -0.2) is 41.0 Å². The van der Waals surface area contributed by atoms with Gasteiger partial charge in [-0.1, -0.05) is 5.16 Å². The number of hydrogen-bond acceptors (Lipinski definition) is 7. The maximum Gasteiger partial charge on any atom is 0.354 e. The minimum atomic E-state index is -0.771. The molecule has 1 saturated carbocycles. The molecule has 0 spiro atoms. The van der Waals surface area contributed by atoms with E-state index < -0.39 is 17.1 Å². The monoisotopic (exact) mass is 376 g/mol. The van der Waals surface area contributed by atoms with Crippen molar-refractivity contribution in [2.75, 3.05) is 30.9 Å². The number of nitrogens with two attached hydrogens (primary N) is 2. The molecule has 1 atom stereocenters. The van der Waals surface area contributed by atoms with Gasteiger partial charge in [-0.2, -0.15) is 4.68 Å². The van der Waals surface area contributed by atoms with Gasteiger partial charge in [0.2, 0.25) is 0 Å². The Balaban J connectivity index is 1.98. The van der Waals surface area contributed by atoms with Gasteiger partial charge in [0.15, 0.2) is 5.82 Å². The molecule has 3 heterocycles. The molecule has 1 aliphatic heterocycles. The number of anilines is 1. The average molecular weight is 376 g/mol. The molecular formula is C17H21FN6O3. The summed E-state index contributed by atoms with van der Waals surface area (Å²) in [5, 5.41) is 3.90. The molecule has 1 saturated heterocycles. The molecule has 144 valence electrons. The Morgan fingerprint density at radius 2 is 2.04 bits per heavy atom. The molecule has 0 amide bonds. The zero-order chi connectivity index (χ0) is 19.5. The summed E-state index contributed by atoms with van der Waals surface area (Å²) in [4.78, 5) is 31.6. The zero-order valence-electron chi connectivity index (χ0n) is 15.1. The number of nitrogens with zero attached hydrogens (tertiary/aromatic N) is 4. The second kappa shape index (κ2) is 6.08. The molecule has 2 aliphatic rings. The summed E-state index contributed by atoms with van der Waals surface area (Å²) in [5.41, 5.74) is 7.08. The van der Waals surface area contributed by atoms with Gasteiger partial charge in [0.25, 0.3) is 5.56 Å². The van der Waals surface area contributed by atoms with E-state index in [0.717, 1.165) is 23.4 Å². The summed E-state index contributed by atoms with van der Waals surface area (Å²) in [6.07, 6.45) is 2.77. The van der Waals surface area contributed by atoms with E-state index in [1.807, 2.05) is 0 Å². The summed E-state index contributed by atoms with van der Waals surface area (Å²) >= 11 is 0. The van der Waals surface area contributed by atoms with Crippen LogP contribution in [0.2, 0.25) is 0 Å². The van der Waals surface area contributed by atoms with Gasteiger partial charge in [-0.25, -0.2) is 9.18 Å². The molecule has 2 fully saturated rings. The van der Waals surface area contributed by atoms with Crippen molar-refractivity contribution in [2.24, 2.45) is 10.9 Å². The largest absolute Gasteiger partial charge is 0.399 e. The fourth-order valence-corrected chi connectivity index (χ4v) is 3.86. The first kappa shape index (κ1) is 17.5. The number of rotatable bonds is 3. The standard InChI is InChI=1S/C17H21FN6O3/c1-8-14(22-6-11(19)12(7-22)21-27-2)10(18)5-23-15(8)13(9-3-4-9)16(25)24(20)17(23)26/h5,9,11H,3-4,6-7,19-20H2,1-2H3/b21-12-. The van der Waals surface area contributed by atoms with Gasteiger partial charge in [-0.05, 0) is 25.7 Å². The Kier molecular flexibility index (Phi) is 3.95. The minimum Gasteiger partial charge on any atom is -0.399 e. The highest BCUT2D eigenvalue weighted by Gasteiger charge is 2.34. The van der Waals surface area contributed by atoms with Crippen LogP contribution < -0.4 is 27.7 Å². The summed E-state index contributed by atoms with van der Waals surface area (Å²) in [6, 6.07) is -0.387. The highest BCUT2D eigenvalue weighted by atomic mass is 19.1. The Hall–Kier alpha value is -2.88. The van der Waals surface area contributed by atoms with E-state index in [0.29, 0.717) is 45.8 Å². The van der Waals surface area contributed by atoms with Crippen LogP contribution >= 0.6 is 0 Å². The van der Waals surface area contributed by atoms with E-state index in [9.17, 15) is 14.0 Å². The lowest BCUT2D eigenvalue weighted by atomic mass is 10.1. The third-order valence-electron chi connectivity index (χ3n) is 5.24. The summed E-state index contributed by atoms with van der Waals surface area (Å²) in [6.45, 7) is 2.36. The Morgan fingerprint density at radius 3 is 2.67 bits per heavy atom. The Morgan fingerprint density at radius 1 is 1.33 bits per heavy atom. The molecule has 4 rings (SSSR count). The van der Waals surface area contributed by atoms with Crippen molar-refractivity contribution in [1.82, 2.24) is 9.08 Å². The lowest BCUT2D eigenvalue weighted by Crippen LogP contribution is -2.44. The molecule has 2 aromatic rings. The predicted octanol–water partition coefficient (Wildman–Crippen LogP) is -0.350.